The maximum absolute atomic E-state index is 5.69. The van der Waals surface area contributed by atoms with E-state index in [9.17, 15) is 0 Å². The minimum absolute atomic E-state index is 0.308. The van der Waals surface area contributed by atoms with E-state index in [1.54, 1.807) is 11.3 Å². The zero-order valence-electron chi connectivity index (χ0n) is 14.9. The molecule has 2 N–H and O–H groups in total. The second kappa shape index (κ2) is 7.25. The zero-order valence-corrected chi connectivity index (χ0v) is 15.8. The predicted molar refractivity (Wildman–Crippen MR) is 108 cm³/mol. The first kappa shape index (κ1) is 16.6. The maximum atomic E-state index is 5.69. The van der Waals surface area contributed by atoms with Crippen LogP contribution in [0, 0.1) is 0 Å². The molecule has 0 spiro atoms. The van der Waals surface area contributed by atoms with Gasteiger partial charge in [0.15, 0.2) is 5.13 Å². The van der Waals surface area contributed by atoms with Gasteiger partial charge in [-0.1, -0.05) is 29.5 Å². The molecule has 27 heavy (non-hydrogen) atoms. The molecular weight excluding hydrogens is 358 g/mol. The number of anilines is 3. The van der Waals surface area contributed by atoms with E-state index in [0.717, 1.165) is 65.9 Å². The monoisotopic (exact) mass is 379 g/mol. The lowest BCUT2D eigenvalue weighted by molar-refractivity contribution is 0.120. The highest BCUT2D eigenvalue weighted by atomic mass is 32.1. The summed E-state index contributed by atoms with van der Waals surface area (Å²) >= 11 is 1.68. The average molecular weight is 379 g/mol. The normalized spacial score (nSPS) is 18.0. The van der Waals surface area contributed by atoms with Crippen molar-refractivity contribution in [1.82, 2.24) is 15.0 Å². The fraction of sp³-hybridized carbons (Fsp3) is 0.350. The van der Waals surface area contributed by atoms with Crippen LogP contribution in [0.2, 0.25) is 0 Å². The Bertz CT molecular complexity index is 937. The fourth-order valence-electron chi connectivity index (χ4n) is 3.54. The van der Waals surface area contributed by atoms with E-state index in [0.29, 0.717) is 12.1 Å². The van der Waals surface area contributed by atoms with Crippen LogP contribution >= 0.6 is 11.3 Å². The number of aromatic nitrogens is 3. The van der Waals surface area contributed by atoms with Gasteiger partial charge in [-0.3, -0.25) is 0 Å². The highest BCUT2D eigenvalue weighted by Gasteiger charge is 2.24. The van der Waals surface area contributed by atoms with Gasteiger partial charge in [0.05, 0.1) is 22.4 Å². The Morgan fingerprint density at radius 2 is 2.07 bits per heavy atom. The van der Waals surface area contributed by atoms with Gasteiger partial charge in [0.1, 0.15) is 0 Å². The number of ether oxygens (including phenoxy) is 1. The first-order chi connectivity index (χ1) is 13.3. The number of hydrogen-bond donors (Lipinski definition) is 2. The van der Waals surface area contributed by atoms with E-state index in [1.807, 2.05) is 36.5 Å². The number of thiazole rings is 1. The van der Waals surface area contributed by atoms with Crippen LogP contribution in [-0.2, 0) is 17.6 Å². The Morgan fingerprint density at radius 3 is 2.93 bits per heavy atom. The predicted octanol–water partition coefficient (Wildman–Crippen LogP) is 4.03. The van der Waals surface area contributed by atoms with Gasteiger partial charge in [0.2, 0.25) is 5.95 Å². The second-order valence-electron chi connectivity index (χ2n) is 6.87. The van der Waals surface area contributed by atoms with Gasteiger partial charge in [-0.15, -0.1) is 0 Å². The van der Waals surface area contributed by atoms with Crippen molar-refractivity contribution >= 4 is 28.1 Å². The van der Waals surface area contributed by atoms with Crippen LogP contribution < -0.4 is 10.6 Å². The fourth-order valence-corrected chi connectivity index (χ4v) is 4.58. The third-order valence-corrected chi connectivity index (χ3v) is 6.01. The molecule has 0 bridgehead atoms. The van der Waals surface area contributed by atoms with E-state index < -0.39 is 0 Å². The quantitative estimate of drug-likeness (QED) is 0.697. The summed E-state index contributed by atoms with van der Waals surface area (Å²) in [5.74, 6) is 0.620. The van der Waals surface area contributed by atoms with E-state index in [-0.39, 0.29) is 0 Å². The Morgan fingerprint density at radius 1 is 1.15 bits per heavy atom. The van der Waals surface area contributed by atoms with Crippen LogP contribution in [0.5, 0.6) is 0 Å². The number of fused-ring (bicyclic) bond motifs is 3. The van der Waals surface area contributed by atoms with Gasteiger partial charge in [0.25, 0.3) is 0 Å². The van der Waals surface area contributed by atoms with Crippen LogP contribution in [0.3, 0.4) is 0 Å². The van der Waals surface area contributed by atoms with Crippen molar-refractivity contribution < 1.29 is 4.74 Å². The summed E-state index contributed by atoms with van der Waals surface area (Å²) in [4.78, 5) is 15.2. The number of aryl methyl sites for hydroxylation is 2. The summed E-state index contributed by atoms with van der Waals surface area (Å²) in [5, 5.41) is 7.69. The molecule has 138 valence electrons. The lowest BCUT2D eigenvalue weighted by atomic mass is 10.00. The lowest BCUT2D eigenvalue weighted by Crippen LogP contribution is -2.18. The van der Waals surface area contributed by atoms with Crippen LogP contribution in [0.1, 0.15) is 24.1 Å². The minimum atomic E-state index is 0.308. The minimum Gasteiger partial charge on any atom is -0.376 e. The van der Waals surface area contributed by atoms with E-state index in [1.165, 1.54) is 5.56 Å². The number of hydrogen-bond acceptors (Lipinski definition) is 7. The highest BCUT2D eigenvalue weighted by molar-refractivity contribution is 7.19. The summed E-state index contributed by atoms with van der Waals surface area (Å²) in [6, 6.07) is 10.00. The first-order valence-corrected chi connectivity index (χ1v) is 10.2. The van der Waals surface area contributed by atoms with Gasteiger partial charge in [-0.2, -0.15) is 0 Å². The molecule has 1 saturated heterocycles. The number of rotatable bonds is 5. The Kier molecular flexibility index (Phi) is 4.47. The number of benzene rings is 1. The molecule has 1 atom stereocenters. The highest BCUT2D eigenvalue weighted by Crippen LogP contribution is 2.38. The number of para-hydroxylation sites is 1. The smallest absolute Gasteiger partial charge is 0.227 e. The topological polar surface area (TPSA) is 72.0 Å². The molecule has 1 aliphatic carbocycles. The van der Waals surface area contributed by atoms with Crippen molar-refractivity contribution in [3.05, 3.63) is 47.8 Å². The van der Waals surface area contributed by atoms with Gasteiger partial charge >= 0.3 is 0 Å². The largest absolute Gasteiger partial charge is 0.376 e. The Hall–Kier alpha value is -2.51. The van der Waals surface area contributed by atoms with Crippen LogP contribution in [0.25, 0.3) is 10.6 Å². The molecular formula is C20H21N5OS. The average Bonchev–Trinajstić information content (AvgIpc) is 3.36. The molecule has 2 aromatic heterocycles. The summed E-state index contributed by atoms with van der Waals surface area (Å²) in [7, 11) is 0. The van der Waals surface area contributed by atoms with Crippen molar-refractivity contribution in [3.8, 4) is 10.6 Å². The molecule has 0 saturated carbocycles. The SMILES string of the molecule is c1ccc(Nc2ncc3c(n2)-c2sc(NCC4CCCO4)nc2CC3)cc1. The van der Waals surface area contributed by atoms with E-state index in [4.69, 9.17) is 14.7 Å². The Labute approximate surface area is 162 Å². The van der Waals surface area contributed by atoms with Crippen molar-refractivity contribution in [1.29, 1.82) is 0 Å². The van der Waals surface area contributed by atoms with Crippen LogP contribution in [-0.4, -0.2) is 34.2 Å². The van der Waals surface area contributed by atoms with Gasteiger partial charge < -0.3 is 15.4 Å². The third kappa shape index (κ3) is 3.52. The molecule has 6 nitrogen and oxygen atoms in total. The van der Waals surface area contributed by atoms with Crippen molar-refractivity contribution in [2.75, 3.05) is 23.8 Å². The molecule has 1 fully saturated rings. The van der Waals surface area contributed by atoms with Gasteiger partial charge in [0, 0.05) is 25.0 Å². The second-order valence-corrected chi connectivity index (χ2v) is 7.87. The van der Waals surface area contributed by atoms with Crippen molar-refractivity contribution in [2.24, 2.45) is 0 Å². The molecule has 0 amide bonds. The molecule has 1 aromatic carbocycles. The molecule has 3 heterocycles. The zero-order chi connectivity index (χ0) is 18.1. The molecule has 7 heteroatoms. The van der Waals surface area contributed by atoms with Crippen LogP contribution in [0.15, 0.2) is 36.5 Å². The van der Waals surface area contributed by atoms with Crippen molar-refractivity contribution in [2.45, 2.75) is 31.8 Å². The molecule has 0 radical (unpaired) electrons. The Balaban J connectivity index is 1.38. The molecule has 2 aliphatic rings. The molecule has 1 aliphatic heterocycles. The summed E-state index contributed by atoms with van der Waals surface area (Å²) in [6.45, 7) is 1.70. The molecule has 3 aromatic rings. The van der Waals surface area contributed by atoms with Crippen molar-refractivity contribution in [3.63, 3.8) is 0 Å². The summed E-state index contributed by atoms with van der Waals surface area (Å²) in [5.41, 5.74) is 4.31. The lowest BCUT2D eigenvalue weighted by Gasteiger charge is -2.14. The molecule has 1 unspecified atom stereocenters. The number of nitrogens with zero attached hydrogens (tertiary/aromatic N) is 3. The van der Waals surface area contributed by atoms with Crippen LogP contribution in [0.4, 0.5) is 16.8 Å². The summed E-state index contributed by atoms with van der Waals surface area (Å²) in [6.07, 6.45) is 6.40. The standard InChI is InChI=1S/C20H21N5OS/c1-2-5-14(6-3-1)23-19-21-11-13-8-9-16-18(17(13)25-19)27-20(24-16)22-12-15-7-4-10-26-15/h1-3,5-6,11,15H,4,7-10,12H2,(H,22,24)(H,21,23,25). The van der Waals surface area contributed by atoms with Gasteiger partial charge in [-0.25, -0.2) is 15.0 Å². The first-order valence-electron chi connectivity index (χ1n) is 9.39. The number of nitrogens with one attached hydrogen (secondary N) is 2. The van der Waals surface area contributed by atoms with E-state index in [2.05, 4.69) is 15.6 Å². The summed E-state index contributed by atoms with van der Waals surface area (Å²) < 4.78 is 5.69. The third-order valence-electron chi connectivity index (χ3n) is 4.94. The van der Waals surface area contributed by atoms with Gasteiger partial charge in [-0.05, 0) is 43.4 Å². The van der Waals surface area contributed by atoms with E-state index >= 15 is 0 Å². The maximum Gasteiger partial charge on any atom is 0.227 e. The molecule has 5 rings (SSSR count).